The molecule has 0 saturated carbocycles. The Bertz CT molecular complexity index is 693. The zero-order valence-electron chi connectivity index (χ0n) is 13.2. The van der Waals surface area contributed by atoms with E-state index in [0.29, 0.717) is 17.6 Å². The van der Waals surface area contributed by atoms with Gasteiger partial charge >= 0.3 is 6.18 Å². The zero-order valence-corrected chi connectivity index (χ0v) is 13.2. The number of hydrogen-bond donors (Lipinski definition) is 2. The number of rotatable bonds is 4. The molecule has 0 saturated heterocycles. The second-order valence-corrected chi connectivity index (χ2v) is 6.14. The van der Waals surface area contributed by atoms with Crippen LogP contribution in [0.4, 0.5) is 13.2 Å². The van der Waals surface area contributed by atoms with E-state index in [-0.39, 0.29) is 24.4 Å². The molecule has 2 aliphatic carbocycles. The highest BCUT2D eigenvalue weighted by Crippen LogP contribution is 2.57. The number of hydrogen-bond acceptors (Lipinski definition) is 3. The van der Waals surface area contributed by atoms with E-state index < -0.39 is 23.8 Å². The van der Waals surface area contributed by atoms with Crippen LogP contribution < -0.4 is 0 Å². The summed E-state index contributed by atoms with van der Waals surface area (Å²) in [7, 11) is 0. The van der Waals surface area contributed by atoms with Gasteiger partial charge in [-0.3, -0.25) is 0 Å². The first-order valence-corrected chi connectivity index (χ1v) is 7.86. The van der Waals surface area contributed by atoms with Crippen LogP contribution in [-0.4, -0.2) is 35.7 Å². The van der Waals surface area contributed by atoms with Gasteiger partial charge in [0.05, 0.1) is 6.10 Å². The molecule has 2 N–H and O–H groups in total. The van der Waals surface area contributed by atoms with Crippen LogP contribution in [0.3, 0.4) is 0 Å². The minimum absolute atomic E-state index is 0.0449. The van der Waals surface area contributed by atoms with Crippen molar-refractivity contribution in [3.05, 3.63) is 53.1 Å². The Labute approximate surface area is 138 Å². The second kappa shape index (κ2) is 6.02. The molecule has 0 spiro atoms. The Kier molecular flexibility index (Phi) is 4.32. The van der Waals surface area contributed by atoms with E-state index in [1.54, 1.807) is 31.2 Å². The summed E-state index contributed by atoms with van der Waals surface area (Å²) in [5, 5.41) is 19.5. The molecule has 1 aromatic rings. The van der Waals surface area contributed by atoms with Gasteiger partial charge in [0.25, 0.3) is 0 Å². The smallest absolute Gasteiger partial charge is 0.396 e. The van der Waals surface area contributed by atoms with Gasteiger partial charge in [0, 0.05) is 24.7 Å². The Morgan fingerprint density at radius 3 is 2.62 bits per heavy atom. The summed E-state index contributed by atoms with van der Waals surface area (Å²) in [5.74, 6) is -0.636. The predicted octanol–water partition coefficient (Wildman–Crippen LogP) is 3.18. The van der Waals surface area contributed by atoms with Gasteiger partial charge in [-0.05, 0) is 23.1 Å². The maximum absolute atomic E-state index is 13.8. The zero-order chi connectivity index (χ0) is 17.5. The lowest BCUT2D eigenvalue weighted by Gasteiger charge is -2.36. The Morgan fingerprint density at radius 2 is 1.96 bits per heavy atom. The molecular formula is C18H19F3O3. The van der Waals surface area contributed by atoms with Gasteiger partial charge in [0.2, 0.25) is 5.60 Å². The van der Waals surface area contributed by atoms with Crippen LogP contribution in [0.15, 0.2) is 42.0 Å². The summed E-state index contributed by atoms with van der Waals surface area (Å²) in [4.78, 5) is 0. The molecule has 0 aromatic heterocycles. The minimum atomic E-state index is -4.82. The SMILES string of the molecule is CC1C2=C(C=CC1OCCCO)c1ccccc1C2(O)C(F)(F)F. The van der Waals surface area contributed by atoms with Crippen molar-refractivity contribution >= 4 is 5.57 Å². The van der Waals surface area contributed by atoms with Crippen molar-refractivity contribution in [2.45, 2.75) is 31.2 Å². The molecule has 3 atom stereocenters. The Morgan fingerprint density at radius 1 is 1.25 bits per heavy atom. The average Bonchev–Trinajstić information content (AvgIpc) is 2.81. The number of allylic oxidation sites excluding steroid dienone is 2. The van der Waals surface area contributed by atoms with E-state index in [2.05, 4.69) is 0 Å². The fourth-order valence-corrected chi connectivity index (χ4v) is 3.58. The number of ether oxygens (including phenoxy) is 1. The molecule has 24 heavy (non-hydrogen) atoms. The first-order valence-electron chi connectivity index (χ1n) is 7.86. The minimum Gasteiger partial charge on any atom is -0.396 e. The highest BCUT2D eigenvalue weighted by molar-refractivity contribution is 5.87. The summed E-state index contributed by atoms with van der Waals surface area (Å²) in [6, 6.07) is 6.08. The first-order chi connectivity index (χ1) is 11.3. The molecule has 3 rings (SSSR count). The summed E-state index contributed by atoms with van der Waals surface area (Å²) < 4.78 is 47.0. The fraction of sp³-hybridized carbons (Fsp3) is 0.444. The standard InChI is InChI=1S/C18H19F3O3/c1-11-15(24-10-4-9-22)8-7-13-12-5-2-3-6-14(12)17(23,16(11)13)18(19,20)21/h2-3,5-8,11,15,22-23H,4,9-10H2,1H3. The number of halogens is 3. The number of benzene rings is 1. The molecular weight excluding hydrogens is 321 g/mol. The molecule has 0 amide bonds. The number of aliphatic hydroxyl groups excluding tert-OH is 1. The van der Waals surface area contributed by atoms with Gasteiger partial charge in [-0.15, -0.1) is 0 Å². The summed E-state index contributed by atoms with van der Waals surface area (Å²) in [6.07, 6.45) is -1.66. The van der Waals surface area contributed by atoms with Crippen molar-refractivity contribution in [2.75, 3.05) is 13.2 Å². The van der Waals surface area contributed by atoms with Gasteiger partial charge < -0.3 is 14.9 Å². The molecule has 130 valence electrons. The molecule has 3 nitrogen and oxygen atoms in total. The molecule has 0 radical (unpaired) electrons. The fourth-order valence-electron chi connectivity index (χ4n) is 3.58. The van der Waals surface area contributed by atoms with E-state index in [1.807, 2.05) is 0 Å². The first kappa shape index (κ1) is 17.2. The molecule has 0 heterocycles. The molecule has 1 aromatic carbocycles. The Hall–Kier alpha value is -1.63. The molecule has 0 bridgehead atoms. The molecule has 0 aliphatic heterocycles. The van der Waals surface area contributed by atoms with E-state index in [0.717, 1.165) is 0 Å². The normalized spacial score (nSPS) is 28.9. The van der Waals surface area contributed by atoms with Gasteiger partial charge in [0.15, 0.2) is 0 Å². The van der Waals surface area contributed by atoms with E-state index in [9.17, 15) is 18.3 Å². The van der Waals surface area contributed by atoms with Crippen molar-refractivity contribution in [2.24, 2.45) is 5.92 Å². The largest absolute Gasteiger partial charge is 0.425 e. The topological polar surface area (TPSA) is 49.7 Å². The maximum Gasteiger partial charge on any atom is 0.425 e. The quantitative estimate of drug-likeness (QED) is 0.828. The molecule has 0 fully saturated rings. The van der Waals surface area contributed by atoms with Gasteiger partial charge in [-0.1, -0.05) is 43.3 Å². The van der Waals surface area contributed by atoms with Crippen molar-refractivity contribution in [1.29, 1.82) is 0 Å². The van der Waals surface area contributed by atoms with Crippen LogP contribution in [-0.2, 0) is 10.3 Å². The molecule has 3 unspecified atom stereocenters. The van der Waals surface area contributed by atoms with Crippen LogP contribution in [0.5, 0.6) is 0 Å². The predicted molar refractivity (Wildman–Crippen MR) is 83.1 cm³/mol. The number of aliphatic hydroxyl groups is 2. The van der Waals surface area contributed by atoms with Gasteiger partial charge in [0.1, 0.15) is 0 Å². The van der Waals surface area contributed by atoms with Gasteiger partial charge in [-0.2, -0.15) is 13.2 Å². The molecule has 6 heteroatoms. The highest BCUT2D eigenvalue weighted by atomic mass is 19.4. The van der Waals surface area contributed by atoms with Crippen molar-refractivity contribution in [3.8, 4) is 0 Å². The highest BCUT2D eigenvalue weighted by Gasteiger charge is 2.63. The summed E-state index contributed by atoms with van der Waals surface area (Å²) in [5.41, 5.74) is -2.37. The third kappa shape index (κ3) is 2.41. The van der Waals surface area contributed by atoms with Crippen LogP contribution in [0.25, 0.3) is 5.57 Å². The van der Waals surface area contributed by atoms with E-state index in [4.69, 9.17) is 9.84 Å². The van der Waals surface area contributed by atoms with Crippen molar-refractivity contribution < 1.29 is 28.1 Å². The van der Waals surface area contributed by atoms with E-state index in [1.165, 1.54) is 12.1 Å². The second-order valence-electron chi connectivity index (χ2n) is 6.14. The Balaban J connectivity index is 2.05. The van der Waals surface area contributed by atoms with Gasteiger partial charge in [-0.25, -0.2) is 0 Å². The third-order valence-corrected chi connectivity index (χ3v) is 4.71. The lowest BCUT2D eigenvalue weighted by atomic mass is 9.78. The van der Waals surface area contributed by atoms with Crippen molar-refractivity contribution in [3.63, 3.8) is 0 Å². The van der Waals surface area contributed by atoms with Crippen LogP contribution in [0.1, 0.15) is 24.5 Å². The summed E-state index contributed by atoms with van der Waals surface area (Å²) >= 11 is 0. The lowest BCUT2D eigenvalue weighted by Crippen LogP contribution is -2.46. The third-order valence-electron chi connectivity index (χ3n) is 4.71. The number of fused-ring (bicyclic) bond motifs is 2. The summed E-state index contributed by atoms with van der Waals surface area (Å²) in [6.45, 7) is 1.83. The average molecular weight is 340 g/mol. The maximum atomic E-state index is 13.8. The molecule has 2 aliphatic rings. The van der Waals surface area contributed by atoms with Crippen LogP contribution in [0, 0.1) is 5.92 Å². The lowest BCUT2D eigenvalue weighted by molar-refractivity contribution is -0.252. The monoisotopic (exact) mass is 340 g/mol. The van der Waals surface area contributed by atoms with E-state index >= 15 is 0 Å². The van der Waals surface area contributed by atoms with Crippen LogP contribution >= 0.6 is 0 Å². The number of alkyl halides is 3. The van der Waals surface area contributed by atoms with Crippen molar-refractivity contribution in [1.82, 2.24) is 0 Å². The van der Waals surface area contributed by atoms with Crippen LogP contribution in [0.2, 0.25) is 0 Å².